The van der Waals surface area contributed by atoms with Gasteiger partial charge in [-0.3, -0.25) is 4.79 Å². The van der Waals surface area contributed by atoms with Gasteiger partial charge in [0.1, 0.15) is 23.6 Å². The van der Waals surface area contributed by atoms with Crippen molar-refractivity contribution in [3.8, 4) is 5.75 Å². The van der Waals surface area contributed by atoms with Crippen molar-refractivity contribution in [3.05, 3.63) is 72.2 Å². The molecule has 0 fully saturated rings. The zero-order valence-corrected chi connectivity index (χ0v) is 16.5. The van der Waals surface area contributed by atoms with Gasteiger partial charge >= 0.3 is 0 Å². The minimum atomic E-state index is -0.284. The Morgan fingerprint density at radius 2 is 1.79 bits per heavy atom. The van der Waals surface area contributed by atoms with Gasteiger partial charge in [0, 0.05) is 23.5 Å². The van der Waals surface area contributed by atoms with E-state index in [-0.39, 0.29) is 17.0 Å². The molecular weight excluding hydrogens is 352 g/mol. The molecule has 1 heterocycles. The number of methoxy groups -OCH3 is 1. The number of anilines is 3. The second-order valence-electron chi connectivity index (χ2n) is 7.40. The summed E-state index contributed by atoms with van der Waals surface area (Å²) < 4.78 is 5.22. The quantitative estimate of drug-likeness (QED) is 0.670. The fourth-order valence-corrected chi connectivity index (χ4v) is 2.83. The molecule has 6 nitrogen and oxygen atoms in total. The third-order valence-corrected chi connectivity index (χ3v) is 4.23. The molecule has 0 radical (unpaired) electrons. The SMILES string of the molecule is COc1cccc(Nc2cc(C(=O)Nc3ccccc3C(C)(C)C)ncn2)c1. The average Bonchev–Trinajstić information content (AvgIpc) is 2.68. The summed E-state index contributed by atoms with van der Waals surface area (Å²) in [6.45, 7) is 6.33. The minimum Gasteiger partial charge on any atom is -0.497 e. The number of para-hydroxylation sites is 1. The first-order valence-corrected chi connectivity index (χ1v) is 9.01. The van der Waals surface area contributed by atoms with Gasteiger partial charge in [-0.15, -0.1) is 0 Å². The van der Waals surface area contributed by atoms with Crippen LogP contribution in [0.2, 0.25) is 0 Å². The molecule has 0 atom stereocenters. The molecule has 28 heavy (non-hydrogen) atoms. The van der Waals surface area contributed by atoms with Crippen LogP contribution in [0.3, 0.4) is 0 Å². The number of nitrogens with one attached hydrogen (secondary N) is 2. The lowest BCUT2D eigenvalue weighted by Gasteiger charge is -2.22. The monoisotopic (exact) mass is 376 g/mol. The Morgan fingerprint density at radius 3 is 2.54 bits per heavy atom. The largest absolute Gasteiger partial charge is 0.497 e. The molecule has 0 saturated carbocycles. The number of nitrogens with zero attached hydrogens (tertiary/aromatic N) is 2. The Hall–Kier alpha value is -3.41. The highest BCUT2D eigenvalue weighted by Gasteiger charge is 2.19. The van der Waals surface area contributed by atoms with E-state index >= 15 is 0 Å². The molecule has 6 heteroatoms. The molecule has 0 aliphatic heterocycles. The van der Waals surface area contributed by atoms with E-state index < -0.39 is 0 Å². The van der Waals surface area contributed by atoms with Gasteiger partial charge in [0.25, 0.3) is 5.91 Å². The van der Waals surface area contributed by atoms with Crippen molar-refractivity contribution in [2.45, 2.75) is 26.2 Å². The van der Waals surface area contributed by atoms with Gasteiger partial charge in [0.2, 0.25) is 0 Å². The van der Waals surface area contributed by atoms with E-state index in [1.807, 2.05) is 48.5 Å². The number of rotatable bonds is 5. The number of hydrogen-bond donors (Lipinski definition) is 2. The lowest BCUT2D eigenvalue weighted by atomic mass is 9.86. The van der Waals surface area contributed by atoms with Crippen molar-refractivity contribution < 1.29 is 9.53 Å². The normalized spacial score (nSPS) is 11.0. The van der Waals surface area contributed by atoms with Crippen LogP contribution in [0.25, 0.3) is 0 Å². The number of benzene rings is 2. The first-order valence-electron chi connectivity index (χ1n) is 9.01. The molecule has 0 spiro atoms. The number of carbonyl (C=O) groups excluding carboxylic acids is 1. The van der Waals surface area contributed by atoms with E-state index in [2.05, 4.69) is 41.4 Å². The molecule has 1 aromatic heterocycles. The molecule has 2 N–H and O–H groups in total. The molecular formula is C22H24N4O2. The molecule has 3 aromatic rings. The van der Waals surface area contributed by atoms with Gasteiger partial charge in [-0.1, -0.05) is 45.0 Å². The van der Waals surface area contributed by atoms with Crippen molar-refractivity contribution in [1.82, 2.24) is 9.97 Å². The van der Waals surface area contributed by atoms with Crippen LogP contribution in [0.15, 0.2) is 60.9 Å². The Balaban J connectivity index is 1.80. The first kappa shape index (κ1) is 19.4. The second kappa shape index (κ2) is 8.08. The van der Waals surface area contributed by atoms with Crippen LogP contribution in [0.1, 0.15) is 36.8 Å². The van der Waals surface area contributed by atoms with Crippen LogP contribution in [0, 0.1) is 0 Å². The summed E-state index contributed by atoms with van der Waals surface area (Å²) >= 11 is 0. The molecule has 2 aromatic carbocycles. The maximum absolute atomic E-state index is 12.7. The van der Waals surface area contributed by atoms with E-state index in [4.69, 9.17) is 4.74 Å². The van der Waals surface area contributed by atoms with Gasteiger partial charge in [-0.05, 0) is 29.2 Å². The van der Waals surface area contributed by atoms with Gasteiger partial charge in [-0.25, -0.2) is 9.97 Å². The smallest absolute Gasteiger partial charge is 0.274 e. The van der Waals surface area contributed by atoms with Crippen LogP contribution in [-0.4, -0.2) is 23.0 Å². The topological polar surface area (TPSA) is 76.1 Å². The Kier molecular flexibility index (Phi) is 5.59. The van der Waals surface area contributed by atoms with Crippen molar-refractivity contribution in [2.75, 3.05) is 17.7 Å². The summed E-state index contributed by atoms with van der Waals surface area (Å²) in [5.41, 5.74) is 2.84. The van der Waals surface area contributed by atoms with E-state index in [0.717, 1.165) is 22.7 Å². The van der Waals surface area contributed by atoms with Crippen molar-refractivity contribution >= 4 is 23.1 Å². The predicted octanol–water partition coefficient (Wildman–Crippen LogP) is 4.78. The van der Waals surface area contributed by atoms with E-state index in [9.17, 15) is 4.79 Å². The highest BCUT2D eigenvalue weighted by Crippen LogP contribution is 2.29. The fraction of sp³-hybridized carbons (Fsp3) is 0.227. The van der Waals surface area contributed by atoms with E-state index in [1.165, 1.54) is 6.33 Å². The Bertz CT molecular complexity index is 980. The average molecular weight is 376 g/mol. The van der Waals surface area contributed by atoms with Crippen LogP contribution in [-0.2, 0) is 5.41 Å². The Labute approximate surface area is 165 Å². The third kappa shape index (κ3) is 4.65. The maximum atomic E-state index is 12.7. The predicted molar refractivity (Wildman–Crippen MR) is 111 cm³/mol. The van der Waals surface area contributed by atoms with Crippen LogP contribution < -0.4 is 15.4 Å². The van der Waals surface area contributed by atoms with E-state index in [0.29, 0.717) is 5.82 Å². The van der Waals surface area contributed by atoms with Crippen molar-refractivity contribution in [3.63, 3.8) is 0 Å². The summed E-state index contributed by atoms with van der Waals surface area (Å²) in [7, 11) is 1.61. The number of aromatic nitrogens is 2. The first-order chi connectivity index (χ1) is 13.4. The van der Waals surface area contributed by atoms with Gasteiger partial charge in [0.05, 0.1) is 7.11 Å². The molecule has 0 aliphatic carbocycles. The summed E-state index contributed by atoms with van der Waals surface area (Å²) in [6.07, 6.45) is 1.37. The molecule has 1 amide bonds. The molecule has 3 rings (SSSR count). The summed E-state index contributed by atoms with van der Waals surface area (Å²) in [4.78, 5) is 21.1. The zero-order chi connectivity index (χ0) is 20.1. The summed E-state index contributed by atoms with van der Waals surface area (Å²) in [6, 6.07) is 16.9. The van der Waals surface area contributed by atoms with Gasteiger partial charge in [-0.2, -0.15) is 0 Å². The maximum Gasteiger partial charge on any atom is 0.274 e. The van der Waals surface area contributed by atoms with Crippen LogP contribution >= 0.6 is 0 Å². The molecule has 0 saturated heterocycles. The standard InChI is InChI=1S/C22H24N4O2/c1-22(2,3)17-10-5-6-11-18(17)26-21(27)19-13-20(24-14-23-19)25-15-8-7-9-16(12-15)28-4/h5-14H,1-4H3,(H,26,27)(H,23,24,25). The van der Waals surface area contributed by atoms with Crippen LogP contribution in [0.5, 0.6) is 5.75 Å². The minimum absolute atomic E-state index is 0.0887. The van der Waals surface area contributed by atoms with Crippen LogP contribution in [0.4, 0.5) is 17.2 Å². The molecule has 0 unspecified atom stereocenters. The van der Waals surface area contributed by atoms with Crippen molar-refractivity contribution in [2.24, 2.45) is 0 Å². The number of hydrogen-bond acceptors (Lipinski definition) is 5. The third-order valence-electron chi connectivity index (χ3n) is 4.23. The molecule has 144 valence electrons. The Morgan fingerprint density at radius 1 is 1.00 bits per heavy atom. The highest BCUT2D eigenvalue weighted by molar-refractivity contribution is 6.03. The molecule has 0 bridgehead atoms. The fourth-order valence-electron chi connectivity index (χ4n) is 2.83. The second-order valence-corrected chi connectivity index (χ2v) is 7.40. The van der Waals surface area contributed by atoms with Gasteiger partial charge < -0.3 is 15.4 Å². The van der Waals surface area contributed by atoms with Crippen molar-refractivity contribution in [1.29, 1.82) is 0 Å². The summed E-state index contributed by atoms with van der Waals surface area (Å²) in [5, 5.41) is 6.13. The van der Waals surface area contributed by atoms with E-state index in [1.54, 1.807) is 13.2 Å². The molecule has 0 aliphatic rings. The summed E-state index contributed by atoms with van der Waals surface area (Å²) in [5.74, 6) is 0.973. The highest BCUT2D eigenvalue weighted by atomic mass is 16.5. The zero-order valence-electron chi connectivity index (χ0n) is 16.5. The number of carbonyl (C=O) groups is 1. The lowest BCUT2D eigenvalue weighted by molar-refractivity contribution is 0.102. The number of ether oxygens (including phenoxy) is 1. The van der Waals surface area contributed by atoms with Gasteiger partial charge in [0.15, 0.2) is 0 Å². The number of amides is 1. The lowest BCUT2D eigenvalue weighted by Crippen LogP contribution is -2.19.